The molecule has 13 heteroatoms. The van der Waals surface area contributed by atoms with Gasteiger partial charge in [0.15, 0.2) is 5.78 Å². The van der Waals surface area contributed by atoms with Crippen molar-refractivity contribution in [2.75, 3.05) is 33.4 Å². The molecule has 0 saturated carbocycles. The maximum absolute atomic E-state index is 14.0. The third-order valence-electron chi connectivity index (χ3n) is 7.67. The standard InChI is InChI=1S/C32H35ClFN3O7S/c1-22-32(41)35(18-24-6-8-26(34)9-7-24)19-27(17-28(39)21-38)37(22)31(40)20-36(15-14-23-4-3-5-25(33)16-23)45(42,43)30-12-10-29(44-2)11-13-30/h3-13,16,22,27,38H,14-15,17-21H2,1-2H3/t22-,27?/m0/s1. The minimum absolute atomic E-state index is 0.0359. The SMILES string of the molecule is COc1ccc(S(=O)(=O)N(CCc2cccc(Cl)c2)CC(=O)N2C(CC(=O)CO)CN(Cc3ccc(F)cc3)C(=O)[C@@H]2C)cc1. The van der Waals surface area contributed by atoms with E-state index < -0.39 is 58.7 Å². The number of sulfonamides is 1. The molecule has 0 aliphatic carbocycles. The van der Waals surface area contributed by atoms with Gasteiger partial charge in [0.1, 0.15) is 24.2 Å². The summed E-state index contributed by atoms with van der Waals surface area (Å²) in [6.07, 6.45) is 0.00308. The van der Waals surface area contributed by atoms with Crippen LogP contribution in [-0.4, -0.2) is 90.7 Å². The lowest BCUT2D eigenvalue weighted by atomic mass is 10.00. The van der Waals surface area contributed by atoms with E-state index in [4.69, 9.17) is 16.3 Å². The molecule has 1 aliphatic rings. The van der Waals surface area contributed by atoms with Crippen molar-refractivity contribution in [3.8, 4) is 5.75 Å². The first-order chi connectivity index (χ1) is 21.4. The number of piperazine rings is 1. The van der Waals surface area contributed by atoms with Crippen LogP contribution in [0.2, 0.25) is 5.02 Å². The molecule has 2 atom stereocenters. The van der Waals surface area contributed by atoms with E-state index in [2.05, 4.69) is 0 Å². The van der Waals surface area contributed by atoms with Crippen molar-refractivity contribution < 1.29 is 37.0 Å². The van der Waals surface area contributed by atoms with E-state index >= 15 is 0 Å². The van der Waals surface area contributed by atoms with Crippen LogP contribution in [0.4, 0.5) is 4.39 Å². The minimum atomic E-state index is -4.21. The molecule has 1 saturated heterocycles. The Kier molecular flexibility index (Phi) is 11.3. The Labute approximate surface area is 267 Å². The highest BCUT2D eigenvalue weighted by Gasteiger charge is 2.42. The predicted octanol–water partition coefficient (Wildman–Crippen LogP) is 3.30. The predicted molar refractivity (Wildman–Crippen MR) is 166 cm³/mol. The van der Waals surface area contributed by atoms with Crippen molar-refractivity contribution in [3.05, 3.63) is 94.8 Å². The van der Waals surface area contributed by atoms with Crippen LogP contribution in [0.15, 0.2) is 77.7 Å². The summed E-state index contributed by atoms with van der Waals surface area (Å²) in [5.41, 5.74) is 1.41. The summed E-state index contributed by atoms with van der Waals surface area (Å²) >= 11 is 6.13. The second-order valence-corrected chi connectivity index (χ2v) is 13.1. The van der Waals surface area contributed by atoms with Gasteiger partial charge in [0.2, 0.25) is 21.8 Å². The van der Waals surface area contributed by atoms with Gasteiger partial charge in [0.25, 0.3) is 0 Å². The molecule has 0 spiro atoms. The highest BCUT2D eigenvalue weighted by atomic mass is 35.5. The van der Waals surface area contributed by atoms with Crippen LogP contribution >= 0.6 is 11.6 Å². The average molecular weight is 660 g/mol. The van der Waals surface area contributed by atoms with Crippen LogP contribution in [0, 0.1) is 5.82 Å². The Morgan fingerprint density at radius 3 is 2.38 bits per heavy atom. The van der Waals surface area contributed by atoms with E-state index in [9.17, 15) is 32.3 Å². The normalized spacial score (nSPS) is 17.1. The summed E-state index contributed by atoms with van der Waals surface area (Å²) < 4.78 is 47.4. The van der Waals surface area contributed by atoms with E-state index in [-0.39, 0.29) is 37.4 Å². The molecule has 4 rings (SSSR count). The van der Waals surface area contributed by atoms with Gasteiger partial charge < -0.3 is 19.6 Å². The molecular weight excluding hydrogens is 625 g/mol. The minimum Gasteiger partial charge on any atom is -0.497 e. The van der Waals surface area contributed by atoms with E-state index in [1.807, 2.05) is 0 Å². The molecule has 3 aromatic rings. The van der Waals surface area contributed by atoms with Gasteiger partial charge in [0.05, 0.1) is 24.6 Å². The largest absolute Gasteiger partial charge is 0.497 e. The zero-order valence-corrected chi connectivity index (χ0v) is 26.5. The summed E-state index contributed by atoms with van der Waals surface area (Å²) in [4.78, 5) is 42.5. The van der Waals surface area contributed by atoms with Crippen molar-refractivity contribution >= 4 is 39.2 Å². The zero-order chi connectivity index (χ0) is 32.7. The lowest BCUT2D eigenvalue weighted by Gasteiger charge is -2.45. The lowest BCUT2D eigenvalue weighted by molar-refractivity contribution is -0.156. The van der Waals surface area contributed by atoms with Crippen molar-refractivity contribution in [1.29, 1.82) is 0 Å². The van der Waals surface area contributed by atoms with E-state index in [0.717, 1.165) is 9.87 Å². The Hall–Kier alpha value is -3.84. The van der Waals surface area contributed by atoms with Crippen molar-refractivity contribution in [1.82, 2.24) is 14.1 Å². The first kappa shape index (κ1) is 34.0. The molecule has 0 bridgehead atoms. The van der Waals surface area contributed by atoms with Gasteiger partial charge in [-0.1, -0.05) is 35.9 Å². The van der Waals surface area contributed by atoms with Crippen LogP contribution in [0.1, 0.15) is 24.5 Å². The molecule has 0 aromatic heterocycles. The Bertz CT molecular complexity index is 1620. The van der Waals surface area contributed by atoms with Gasteiger partial charge in [-0.2, -0.15) is 4.31 Å². The van der Waals surface area contributed by atoms with Gasteiger partial charge in [-0.3, -0.25) is 14.4 Å². The second-order valence-electron chi connectivity index (χ2n) is 10.8. The van der Waals surface area contributed by atoms with Crippen molar-refractivity contribution in [3.63, 3.8) is 0 Å². The molecule has 1 heterocycles. The molecular formula is C32H35ClFN3O7S. The number of hydrogen-bond donors (Lipinski definition) is 1. The fourth-order valence-electron chi connectivity index (χ4n) is 5.35. The molecule has 1 fully saturated rings. The molecule has 1 aliphatic heterocycles. The monoisotopic (exact) mass is 659 g/mol. The molecule has 10 nitrogen and oxygen atoms in total. The average Bonchev–Trinajstić information content (AvgIpc) is 3.02. The van der Waals surface area contributed by atoms with Crippen molar-refractivity contribution in [2.24, 2.45) is 0 Å². The zero-order valence-electron chi connectivity index (χ0n) is 24.9. The van der Waals surface area contributed by atoms with Crippen LogP contribution < -0.4 is 4.74 Å². The van der Waals surface area contributed by atoms with Crippen LogP contribution in [0.5, 0.6) is 5.75 Å². The number of methoxy groups -OCH3 is 1. The molecule has 1 unspecified atom stereocenters. The summed E-state index contributed by atoms with van der Waals surface area (Å²) in [6.45, 7) is 0.165. The van der Waals surface area contributed by atoms with Gasteiger partial charge in [-0.05, 0) is 73.0 Å². The number of aliphatic hydroxyl groups excluding tert-OH is 1. The highest BCUT2D eigenvalue weighted by Crippen LogP contribution is 2.25. The van der Waals surface area contributed by atoms with E-state index in [1.165, 1.54) is 60.2 Å². The smallest absolute Gasteiger partial charge is 0.245 e. The Balaban J connectivity index is 1.62. The highest BCUT2D eigenvalue weighted by molar-refractivity contribution is 7.89. The van der Waals surface area contributed by atoms with E-state index in [1.54, 1.807) is 36.4 Å². The number of amides is 2. The summed E-state index contributed by atoms with van der Waals surface area (Å²) in [5.74, 6) is -1.59. The van der Waals surface area contributed by atoms with Crippen molar-refractivity contribution in [2.45, 2.75) is 43.3 Å². The number of aliphatic hydroxyl groups is 1. The first-order valence-corrected chi connectivity index (χ1v) is 16.1. The number of nitrogens with zero attached hydrogens (tertiary/aromatic N) is 3. The Morgan fingerprint density at radius 2 is 1.76 bits per heavy atom. The molecule has 3 aromatic carbocycles. The van der Waals surface area contributed by atoms with Gasteiger partial charge in [-0.25, -0.2) is 12.8 Å². The third kappa shape index (κ3) is 8.46. The summed E-state index contributed by atoms with van der Waals surface area (Å²) in [6, 6.07) is 16.5. The number of ether oxygens (including phenoxy) is 1. The topological polar surface area (TPSA) is 125 Å². The summed E-state index contributed by atoms with van der Waals surface area (Å²) in [5, 5.41) is 9.96. The maximum atomic E-state index is 14.0. The molecule has 45 heavy (non-hydrogen) atoms. The number of carbonyl (C=O) groups is 3. The number of rotatable bonds is 13. The van der Waals surface area contributed by atoms with Crippen LogP contribution in [0.25, 0.3) is 0 Å². The lowest BCUT2D eigenvalue weighted by Crippen LogP contribution is -2.64. The number of carbonyl (C=O) groups excluding carboxylic acids is 3. The molecule has 0 radical (unpaired) electrons. The number of hydrogen-bond acceptors (Lipinski definition) is 7. The third-order valence-corrected chi connectivity index (χ3v) is 9.77. The number of halogens is 2. The number of ketones is 1. The number of benzene rings is 3. The molecule has 240 valence electrons. The fraction of sp³-hybridized carbons (Fsp3) is 0.344. The fourth-order valence-corrected chi connectivity index (χ4v) is 6.96. The van der Waals surface area contributed by atoms with Gasteiger partial charge in [-0.15, -0.1) is 0 Å². The van der Waals surface area contributed by atoms with Crippen LogP contribution in [0.3, 0.4) is 0 Å². The quantitative estimate of drug-likeness (QED) is 0.299. The Morgan fingerprint density at radius 1 is 1.07 bits per heavy atom. The van der Waals surface area contributed by atoms with Crippen LogP contribution in [-0.2, 0) is 37.4 Å². The number of Topliss-reactive ketones (excluding diaryl/α,β-unsaturated/α-hetero) is 1. The van der Waals surface area contributed by atoms with Gasteiger partial charge >= 0.3 is 0 Å². The molecule has 2 amide bonds. The van der Waals surface area contributed by atoms with Gasteiger partial charge in [0, 0.05) is 31.1 Å². The molecule has 1 N–H and O–H groups in total. The second kappa shape index (κ2) is 15.0. The maximum Gasteiger partial charge on any atom is 0.245 e. The van der Waals surface area contributed by atoms with E-state index in [0.29, 0.717) is 16.3 Å². The summed E-state index contributed by atoms with van der Waals surface area (Å²) in [7, 11) is -2.75. The first-order valence-electron chi connectivity index (χ1n) is 14.3.